The van der Waals surface area contributed by atoms with Gasteiger partial charge in [0.15, 0.2) is 11.6 Å². The van der Waals surface area contributed by atoms with Gasteiger partial charge < -0.3 is 20.1 Å². The molecule has 2 aromatic carbocycles. The van der Waals surface area contributed by atoms with Crippen LogP contribution in [0.25, 0.3) is 6.08 Å². The van der Waals surface area contributed by atoms with E-state index in [0.717, 1.165) is 28.0 Å². The van der Waals surface area contributed by atoms with Gasteiger partial charge in [0.05, 0.1) is 19.1 Å². The summed E-state index contributed by atoms with van der Waals surface area (Å²) in [5, 5.41) is 5.73. The summed E-state index contributed by atoms with van der Waals surface area (Å²) in [6.45, 7) is 0.597. The standard InChI is InChI=1S/C26H23FN2O4/c27-22-12-18(9-17-3-7-23-19(10-17)13-25(30)29-23)4-8-24(22)33-21-5-1-16(2-6-21)11-20-14-32-15-26(31)28-20/h1-9,12,20H,10-11,13-15H2,(H,28,31)(H,29,30). The monoisotopic (exact) mass is 446 g/mol. The van der Waals surface area contributed by atoms with E-state index in [-0.39, 0.29) is 30.2 Å². The van der Waals surface area contributed by atoms with Crippen LogP contribution in [0.1, 0.15) is 24.0 Å². The van der Waals surface area contributed by atoms with E-state index < -0.39 is 5.82 Å². The number of carbonyl (C=O) groups excluding carboxylic acids is 2. The van der Waals surface area contributed by atoms with Crippen molar-refractivity contribution in [2.75, 3.05) is 13.2 Å². The van der Waals surface area contributed by atoms with Crippen LogP contribution in [0.4, 0.5) is 4.39 Å². The predicted molar refractivity (Wildman–Crippen MR) is 121 cm³/mol. The predicted octanol–water partition coefficient (Wildman–Crippen LogP) is 3.79. The van der Waals surface area contributed by atoms with E-state index >= 15 is 0 Å². The van der Waals surface area contributed by atoms with Crippen molar-refractivity contribution in [2.45, 2.75) is 25.3 Å². The first-order valence-electron chi connectivity index (χ1n) is 10.9. The Hall–Kier alpha value is -3.71. The SMILES string of the molecule is O=C1CC2=C(C=CC(=Cc3ccc(Oc4ccc(CC5COCC(=O)N5)cc4)c(F)c3)C2)N1. The third-order valence-corrected chi connectivity index (χ3v) is 5.77. The Kier molecular flexibility index (Phi) is 5.79. The number of hydrogen-bond donors (Lipinski definition) is 2. The molecule has 2 amide bonds. The molecule has 6 nitrogen and oxygen atoms in total. The molecule has 1 atom stereocenters. The third kappa shape index (κ3) is 5.04. The number of benzene rings is 2. The minimum Gasteiger partial charge on any atom is -0.454 e. The lowest BCUT2D eigenvalue weighted by molar-refractivity contribution is -0.131. The number of amides is 2. The van der Waals surface area contributed by atoms with E-state index in [2.05, 4.69) is 10.6 Å². The van der Waals surface area contributed by atoms with Crippen molar-refractivity contribution in [3.63, 3.8) is 0 Å². The molecule has 33 heavy (non-hydrogen) atoms. The van der Waals surface area contributed by atoms with Crippen LogP contribution in [0.2, 0.25) is 0 Å². The average Bonchev–Trinajstić information content (AvgIpc) is 3.16. The van der Waals surface area contributed by atoms with E-state index in [9.17, 15) is 14.0 Å². The van der Waals surface area contributed by atoms with Crippen LogP contribution in [0.15, 0.2) is 71.5 Å². The summed E-state index contributed by atoms with van der Waals surface area (Å²) in [7, 11) is 0. The smallest absolute Gasteiger partial charge is 0.246 e. The summed E-state index contributed by atoms with van der Waals surface area (Å²) in [5.74, 6) is 0.135. The van der Waals surface area contributed by atoms with E-state index in [1.54, 1.807) is 24.3 Å². The van der Waals surface area contributed by atoms with Gasteiger partial charge in [0, 0.05) is 5.70 Å². The van der Waals surface area contributed by atoms with Gasteiger partial charge in [0.1, 0.15) is 12.4 Å². The fraction of sp³-hybridized carbons (Fsp3) is 0.231. The first-order chi connectivity index (χ1) is 16.0. The molecule has 168 valence electrons. The highest BCUT2D eigenvalue weighted by molar-refractivity contribution is 5.86. The molecule has 2 aromatic rings. The molecule has 1 saturated heterocycles. The Balaban J connectivity index is 1.22. The highest BCUT2D eigenvalue weighted by atomic mass is 19.1. The maximum atomic E-state index is 14.7. The number of carbonyl (C=O) groups is 2. The number of allylic oxidation sites excluding steroid dienone is 3. The summed E-state index contributed by atoms with van der Waals surface area (Å²) in [5.41, 5.74) is 4.73. The number of ether oxygens (including phenoxy) is 2. The lowest BCUT2D eigenvalue weighted by Crippen LogP contribution is -2.46. The highest BCUT2D eigenvalue weighted by Crippen LogP contribution is 2.31. The van der Waals surface area contributed by atoms with Gasteiger partial charge in [-0.2, -0.15) is 0 Å². The molecule has 1 aliphatic carbocycles. The van der Waals surface area contributed by atoms with Crippen LogP contribution < -0.4 is 15.4 Å². The fourth-order valence-electron chi connectivity index (χ4n) is 4.21. The quantitative estimate of drug-likeness (QED) is 0.733. The topological polar surface area (TPSA) is 76.7 Å². The first-order valence-corrected chi connectivity index (χ1v) is 10.9. The largest absolute Gasteiger partial charge is 0.454 e. The molecular weight excluding hydrogens is 423 g/mol. The zero-order valence-corrected chi connectivity index (χ0v) is 17.9. The van der Waals surface area contributed by atoms with Gasteiger partial charge in [-0.1, -0.05) is 30.4 Å². The number of rotatable bonds is 5. The van der Waals surface area contributed by atoms with Gasteiger partial charge in [-0.3, -0.25) is 9.59 Å². The highest BCUT2D eigenvalue weighted by Gasteiger charge is 2.22. The normalized spacial score (nSPS) is 21.1. The van der Waals surface area contributed by atoms with Crippen molar-refractivity contribution in [1.82, 2.24) is 10.6 Å². The van der Waals surface area contributed by atoms with Crippen LogP contribution in [0.3, 0.4) is 0 Å². The minimum atomic E-state index is -0.451. The molecule has 2 aliphatic heterocycles. The Morgan fingerprint density at radius 2 is 1.91 bits per heavy atom. The second-order valence-corrected chi connectivity index (χ2v) is 8.39. The van der Waals surface area contributed by atoms with Crippen molar-refractivity contribution in [3.05, 3.63) is 88.4 Å². The van der Waals surface area contributed by atoms with Crippen LogP contribution in [-0.4, -0.2) is 31.1 Å². The van der Waals surface area contributed by atoms with Gasteiger partial charge in [-0.25, -0.2) is 4.39 Å². The molecule has 0 bridgehead atoms. The molecule has 5 rings (SSSR count). The van der Waals surface area contributed by atoms with Gasteiger partial charge in [0.2, 0.25) is 11.8 Å². The molecule has 1 fully saturated rings. The molecule has 2 heterocycles. The van der Waals surface area contributed by atoms with Gasteiger partial charge in [0.25, 0.3) is 0 Å². The number of nitrogens with one attached hydrogen (secondary N) is 2. The third-order valence-electron chi connectivity index (χ3n) is 5.77. The average molecular weight is 446 g/mol. The Morgan fingerprint density at radius 3 is 2.70 bits per heavy atom. The van der Waals surface area contributed by atoms with Crippen molar-refractivity contribution in [2.24, 2.45) is 0 Å². The van der Waals surface area contributed by atoms with Crippen LogP contribution >= 0.6 is 0 Å². The first kappa shape index (κ1) is 21.2. The second kappa shape index (κ2) is 9.03. The van der Waals surface area contributed by atoms with E-state index in [4.69, 9.17) is 9.47 Å². The molecule has 0 saturated carbocycles. The van der Waals surface area contributed by atoms with E-state index in [1.807, 2.05) is 30.4 Å². The van der Waals surface area contributed by atoms with Crippen molar-refractivity contribution in [3.8, 4) is 11.5 Å². The number of halogens is 1. The number of hydrogen-bond acceptors (Lipinski definition) is 4. The van der Waals surface area contributed by atoms with Crippen molar-refractivity contribution < 1.29 is 23.5 Å². The zero-order chi connectivity index (χ0) is 22.8. The molecule has 0 spiro atoms. The molecular formula is C26H23FN2O4. The Morgan fingerprint density at radius 1 is 1.06 bits per heavy atom. The Labute approximate surface area is 190 Å². The lowest BCUT2D eigenvalue weighted by atomic mass is 9.96. The molecule has 3 aliphatic rings. The summed E-state index contributed by atoms with van der Waals surface area (Å²) in [6.07, 6.45) is 7.49. The minimum absolute atomic E-state index is 0.0150. The van der Waals surface area contributed by atoms with Crippen LogP contribution in [0, 0.1) is 5.82 Å². The fourth-order valence-corrected chi connectivity index (χ4v) is 4.21. The summed E-state index contributed by atoms with van der Waals surface area (Å²) >= 11 is 0. The van der Waals surface area contributed by atoms with Crippen LogP contribution in [0.5, 0.6) is 11.5 Å². The second-order valence-electron chi connectivity index (χ2n) is 8.39. The van der Waals surface area contributed by atoms with Gasteiger partial charge >= 0.3 is 0 Å². The van der Waals surface area contributed by atoms with Crippen molar-refractivity contribution in [1.29, 1.82) is 0 Å². The van der Waals surface area contributed by atoms with Gasteiger partial charge in [-0.15, -0.1) is 0 Å². The molecule has 1 unspecified atom stereocenters. The molecule has 2 N–H and O–H groups in total. The summed E-state index contributed by atoms with van der Waals surface area (Å²) in [6, 6.07) is 12.2. The maximum absolute atomic E-state index is 14.7. The molecule has 7 heteroatoms. The number of morpholine rings is 1. The Bertz CT molecular complexity index is 1200. The molecule has 0 aromatic heterocycles. The lowest BCUT2D eigenvalue weighted by Gasteiger charge is -2.23. The van der Waals surface area contributed by atoms with Crippen molar-refractivity contribution >= 4 is 17.9 Å². The zero-order valence-electron chi connectivity index (χ0n) is 17.9. The molecule has 0 radical (unpaired) electrons. The van der Waals surface area contributed by atoms with Gasteiger partial charge in [-0.05, 0) is 65.5 Å². The van der Waals surface area contributed by atoms with E-state index in [0.29, 0.717) is 31.6 Å². The summed E-state index contributed by atoms with van der Waals surface area (Å²) in [4.78, 5) is 23.0. The van der Waals surface area contributed by atoms with Crippen LogP contribution in [-0.2, 0) is 20.7 Å². The maximum Gasteiger partial charge on any atom is 0.246 e. The van der Waals surface area contributed by atoms with E-state index in [1.165, 1.54) is 6.07 Å². The summed E-state index contributed by atoms with van der Waals surface area (Å²) < 4.78 is 25.7.